The molecule has 0 saturated heterocycles. The van der Waals surface area contributed by atoms with Gasteiger partial charge < -0.3 is 15.5 Å². The first kappa shape index (κ1) is 24.0. The third-order valence-electron chi connectivity index (χ3n) is 5.68. The van der Waals surface area contributed by atoms with Crippen LogP contribution >= 0.6 is 11.3 Å². The van der Waals surface area contributed by atoms with Gasteiger partial charge in [0.25, 0.3) is 5.69 Å². The van der Waals surface area contributed by atoms with Gasteiger partial charge in [-0.2, -0.15) is 0 Å². The number of aliphatic hydroxyl groups is 2. The fraction of sp³-hybridized carbons (Fsp3) is 0.455. The number of nitrogens with zero attached hydrogens (tertiary/aromatic N) is 4. The van der Waals surface area contributed by atoms with E-state index in [1.54, 1.807) is 11.3 Å². The van der Waals surface area contributed by atoms with Gasteiger partial charge in [0.05, 0.1) is 29.5 Å². The molecule has 0 aliphatic carbocycles. The van der Waals surface area contributed by atoms with E-state index in [2.05, 4.69) is 24.1 Å². The van der Waals surface area contributed by atoms with Crippen molar-refractivity contribution in [1.29, 1.82) is 0 Å². The van der Waals surface area contributed by atoms with Crippen molar-refractivity contribution in [2.45, 2.75) is 46.4 Å². The molecule has 9 nitrogen and oxygen atoms in total. The highest BCUT2D eigenvalue weighted by Gasteiger charge is 2.24. The SMILES string of the molecule is CCN(CC)Cc1nc(N[C@H](CO)[C@@H](O)c2ccc([N+](=O)[O-])cc2)c2c(C)c(C)sc2n1. The maximum absolute atomic E-state index is 10.9. The zero-order chi connectivity index (χ0) is 23.4. The molecule has 0 aliphatic heterocycles. The summed E-state index contributed by atoms with van der Waals surface area (Å²) in [6.45, 7) is 10.2. The second-order valence-corrected chi connectivity index (χ2v) is 8.84. The van der Waals surface area contributed by atoms with Crippen molar-refractivity contribution in [1.82, 2.24) is 14.9 Å². The lowest BCUT2D eigenvalue weighted by Gasteiger charge is -2.24. The maximum Gasteiger partial charge on any atom is 0.269 e. The van der Waals surface area contributed by atoms with Crippen molar-refractivity contribution >= 4 is 33.1 Å². The molecule has 2 atom stereocenters. The third kappa shape index (κ3) is 5.04. The van der Waals surface area contributed by atoms with E-state index < -0.39 is 17.1 Å². The molecule has 2 heterocycles. The van der Waals surface area contributed by atoms with Crippen LogP contribution in [0.2, 0.25) is 0 Å². The summed E-state index contributed by atoms with van der Waals surface area (Å²) in [7, 11) is 0. The summed E-state index contributed by atoms with van der Waals surface area (Å²) in [5.41, 5.74) is 1.47. The Balaban J connectivity index is 1.96. The van der Waals surface area contributed by atoms with Gasteiger partial charge in [0, 0.05) is 17.0 Å². The first-order valence-electron chi connectivity index (χ1n) is 10.6. The summed E-state index contributed by atoms with van der Waals surface area (Å²) < 4.78 is 0. The number of hydrogen-bond donors (Lipinski definition) is 3. The molecule has 172 valence electrons. The third-order valence-corrected chi connectivity index (χ3v) is 6.78. The topological polar surface area (TPSA) is 125 Å². The van der Waals surface area contributed by atoms with Crippen LogP contribution in [0.15, 0.2) is 24.3 Å². The van der Waals surface area contributed by atoms with Gasteiger partial charge in [0.1, 0.15) is 22.6 Å². The highest BCUT2D eigenvalue weighted by molar-refractivity contribution is 7.18. The van der Waals surface area contributed by atoms with Gasteiger partial charge in [-0.15, -0.1) is 11.3 Å². The number of fused-ring (bicyclic) bond motifs is 1. The minimum atomic E-state index is -1.09. The van der Waals surface area contributed by atoms with Gasteiger partial charge in [-0.05, 0) is 50.2 Å². The lowest BCUT2D eigenvalue weighted by atomic mass is 10.0. The van der Waals surface area contributed by atoms with Gasteiger partial charge >= 0.3 is 0 Å². The molecule has 0 unspecified atom stereocenters. The minimum absolute atomic E-state index is 0.0580. The molecule has 0 spiro atoms. The average molecular weight is 460 g/mol. The van der Waals surface area contributed by atoms with E-state index in [0.29, 0.717) is 23.8 Å². The maximum atomic E-state index is 10.9. The van der Waals surface area contributed by atoms with Crippen LogP contribution in [0, 0.1) is 24.0 Å². The Labute approximate surface area is 190 Å². The Hall–Kier alpha value is -2.66. The number of aryl methyl sites for hydroxylation is 2. The molecule has 10 heteroatoms. The molecule has 0 amide bonds. The Kier molecular flexibility index (Phi) is 7.73. The number of nitrogens with one attached hydrogen (secondary N) is 1. The zero-order valence-corrected chi connectivity index (χ0v) is 19.5. The predicted octanol–water partition coefficient (Wildman–Crippen LogP) is 3.56. The number of benzene rings is 1. The van der Waals surface area contributed by atoms with Crippen LogP contribution in [0.1, 0.15) is 41.8 Å². The Bertz CT molecular complexity index is 1080. The van der Waals surface area contributed by atoms with Crippen LogP contribution in [0.25, 0.3) is 10.2 Å². The van der Waals surface area contributed by atoms with Crippen LogP contribution in [-0.4, -0.2) is 55.7 Å². The number of thiophene rings is 1. The standard InChI is InChI=1S/C22H29N5O4S/c1-5-26(6-2)11-18-24-21(19-13(3)14(4)32-22(19)25-18)23-17(12-28)20(29)15-7-9-16(10-8-15)27(30)31/h7-10,17,20,28-29H,5-6,11-12H2,1-4H3,(H,23,24,25)/t17-,20+/m1/s1. The summed E-state index contributed by atoms with van der Waals surface area (Å²) >= 11 is 1.59. The van der Waals surface area contributed by atoms with Crippen LogP contribution in [-0.2, 0) is 6.54 Å². The number of non-ortho nitro benzene ring substituents is 1. The van der Waals surface area contributed by atoms with E-state index >= 15 is 0 Å². The number of aliphatic hydroxyl groups excluding tert-OH is 2. The summed E-state index contributed by atoms with van der Waals surface area (Å²) in [6.07, 6.45) is -1.09. The second-order valence-electron chi connectivity index (χ2n) is 7.64. The van der Waals surface area contributed by atoms with Crippen molar-refractivity contribution in [3.63, 3.8) is 0 Å². The Morgan fingerprint density at radius 3 is 2.41 bits per heavy atom. The molecule has 0 radical (unpaired) electrons. The second kappa shape index (κ2) is 10.3. The van der Waals surface area contributed by atoms with Gasteiger partial charge in [-0.1, -0.05) is 13.8 Å². The number of nitro groups is 1. The van der Waals surface area contributed by atoms with Crippen LogP contribution in [0.5, 0.6) is 0 Å². The number of anilines is 1. The molecule has 0 fully saturated rings. The monoisotopic (exact) mass is 459 g/mol. The molecule has 2 aromatic heterocycles. The smallest absolute Gasteiger partial charge is 0.269 e. The summed E-state index contributed by atoms with van der Waals surface area (Å²) in [5, 5.41) is 35.9. The van der Waals surface area contributed by atoms with E-state index in [4.69, 9.17) is 9.97 Å². The summed E-state index contributed by atoms with van der Waals surface area (Å²) in [4.78, 5) is 24.1. The highest BCUT2D eigenvalue weighted by atomic mass is 32.1. The molecule has 3 aromatic rings. The molecule has 3 N–H and O–H groups in total. The van der Waals surface area contributed by atoms with Crippen molar-refractivity contribution in [3.05, 3.63) is 56.2 Å². The average Bonchev–Trinajstić information content (AvgIpc) is 3.08. The lowest BCUT2D eigenvalue weighted by Crippen LogP contribution is -2.32. The Morgan fingerprint density at radius 1 is 1.19 bits per heavy atom. The zero-order valence-electron chi connectivity index (χ0n) is 18.7. The lowest BCUT2D eigenvalue weighted by molar-refractivity contribution is -0.384. The van der Waals surface area contributed by atoms with E-state index in [-0.39, 0.29) is 12.3 Å². The van der Waals surface area contributed by atoms with Gasteiger partial charge in [-0.3, -0.25) is 15.0 Å². The first-order valence-corrected chi connectivity index (χ1v) is 11.4. The van der Waals surface area contributed by atoms with E-state index in [1.165, 1.54) is 24.3 Å². The summed E-state index contributed by atoms with van der Waals surface area (Å²) in [6, 6.07) is 4.91. The van der Waals surface area contributed by atoms with E-state index in [1.807, 2.05) is 13.8 Å². The normalized spacial score (nSPS) is 13.5. The number of nitro benzene ring substituents is 1. The van der Waals surface area contributed by atoms with Gasteiger partial charge in [-0.25, -0.2) is 9.97 Å². The van der Waals surface area contributed by atoms with Crippen molar-refractivity contribution in [2.75, 3.05) is 25.0 Å². The molecular formula is C22H29N5O4S. The molecule has 0 bridgehead atoms. The minimum Gasteiger partial charge on any atom is -0.394 e. The van der Waals surface area contributed by atoms with Crippen molar-refractivity contribution in [2.24, 2.45) is 0 Å². The van der Waals surface area contributed by atoms with Crippen molar-refractivity contribution in [3.8, 4) is 0 Å². The number of aromatic nitrogens is 2. The molecule has 0 saturated carbocycles. The molecule has 32 heavy (non-hydrogen) atoms. The van der Waals surface area contributed by atoms with Crippen LogP contribution in [0.3, 0.4) is 0 Å². The Morgan fingerprint density at radius 2 is 1.84 bits per heavy atom. The van der Waals surface area contributed by atoms with Gasteiger partial charge in [0.2, 0.25) is 0 Å². The highest BCUT2D eigenvalue weighted by Crippen LogP contribution is 2.34. The molecular weight excluding hydrogens is 430 g/mol. The van der Waals surface area contributed by atoms with E-state index in [9.17, 15) is 20.3 Å². The summed E-state index contributed by atoms with van der Waals surface area (Å²) in [5.74, 6) is 1.24. The van der Waals surface area contributed by atoms with E-state index in [0.717, 1.165) is 33.7 Å². The van der Waals surface area contributed by atoms with Crippen molar-refractivity contribution < 1.29 is 15.1 Å². The fourth-order valence-electron chi connectivity index (χ4n) is 3.54. The largest absolute Gasteiger partial charge is 0.394 e. The van der Waals surface area contributed by atoms with Crippen LogP contribution < -0.4 is 5.32 Å². The molecule has 3 rings (SSSR count). The number of rotatable bonds is 10. The fourth-order valence-corrected chi connectivity index (χ4v) is 4.59. The van der Waals surface area contributed by atoms with Gasteiger partial charge in [0.15, 0.2) is 0 Å². The molecule has 1 aromatic carbocycles. The van der Waals surface area contributed by atoms with Crippen LogP contribution in [0.4, 0.5) is 11.5 Å². The number of hydrogen-bond acceptors (Lipinski definition) is 9. The predicted molar refractivity (Wildman–Crippen MR) is 126 cm³/mol. The quantitative estimate of drug-likeness (QED) is 0.310. The first-order chi connectivity index (χ1) is 15.3. The molecule has 0 aliphatic rings.